The molecule has 0 saturated carbocycles. The summed E-state index contributed by atoms with van der Waals surface area (Å²) in [6.07, 6.45) is 1.75. The maximum absolute atomic E-state index is 11.8. The van der Waals surface area contributed by atoms with Gasteiger partial charge in [-0.25, -0.2) is 4.57 Å². The molecule has 35 heavy (non-hydrogen) atoms. The Bertz CT molecular complexity index is 1340. The summed E-state index contributed by atoms with van der Waals surface area (Å²) >= 11 is 0. The second-order valence-corrected chi connectivity index (χ2v) is 7.57. The van der Waals surface area contributed by atoms with E-state index in [9.17, 15) is 4.79 Å². The molecule has 0 aliphatic rings. The highest BCUT2D eigenvalue weighted by atomic mass is 16.1. The summed E-state index contributed by atoms with van der Waals surface area (Å²) in [5.74, 6) is -0.0269. The molecule has 1 N–H and O–H groups in total. The number of aromatic nitrogens is 2. The SMILES string of the molecule is [C-]#[N+]c1nc(N=Nc2ccc(N(CC)CC)cc2NC(C)=O)n(Cc2ccc(C=C)cc2)c1[N+]#[C-]. The van der Waals surface area contributed by atoms with Gasteiger partial charge in [0.05, 0.1) is 5.69 Å². The number of carbonyl (C=O) groups is 1. The Morgan fingerprint density at radius 2 is 1.86 bits per heavy atom. The first-order valence-electron chi connectivity index (χ1n) is 11.1. The zero-order valence-corrected chi connectivity index (χ0v) is 20.0. The van der Waals surface area contributed by atoms with Gasteiger partial charge >= 0.3 is 5.95 Å². The van der Waals surface area contributed by atoms with Gasteiger partial charge in [0.2, 0.25) is 5.91 Å². The molecule has 0 fully saturated rings. The van der Waals surface area contributed by atoms with E-state index in [0.29, 0.717) is 17.9 Å². The van der Waals surface area contributed by atoms with Crippen LogP contribution in [-0.2, 0) is 11.3 Å². The normalized spacial score (nSPS) is 10.5. The number of hydrogen-bond acceptors (Lipinski definition) is 5. The number of anilines is 2. The fraction of sp³-hybridized carbons (Fsp3) is 0.231. The van der Waals surface area contributed by atoms with E-state index >= 15 is 0 Å². The molecule has 3 aromatic rings. The zero-order chi connectivity index (χ0) is 25.4. The van der Waals surface area contributed by atoms with Gasteiger partial charge in [-0.05, 0) is 43.2 Å². The Morgan fingerprint density at radius 3 is 2.43 bits per heavy atom. The zero-order valence-electron chi connectivity index (χ0n) is 20.0. The summed E-state index contributed by atoms with van der Waals surface area (Å²) in [7, 11) is 0. The van der Waals surface area contributed by atoms with Crippen molar-refractivity contribution >= 4 is 46.6 Å². The molecule has 0 aliphatic carbocycles. The van der Waals surface area contributed by atoms with Crippen LogP contribution in [0.25, 0.3) is 15.8 Å². The summed E-state index contributed by atoms with van der Waals surface area (Å²) in [4.78, 5) is 25.1. The Hall–Kier alpha value is -4.76. The third kappa shape index (κ3) is 5.79. The van der Waals surface area contributed by atoms with Gasteiger partial charge in [0.15, 0.2) is 0 Å². The summed E-state index contributed by atoms with van der Waals surface area (Å²) in [6.45, 7) is 26.2. The largest absolute Gasteiger partial charge is 0.417 e. The minimum atomic E-state index is -0.229. The molecule has 9 heteroatoms. The van der Waals surface area contributed by atoms with Gasteiger partial charge in [-0.1, -0.05) is 60.2 Å². The van der Waals surface area contributed by atoms with Crippen molar-refractivity contribution in [2.75, 3.05) is 23.3 Å². The number of rotatable bonds is 9. The van der Waals surface area contributed by atoms with E-state index in [-0.39, 0.29) is 23.5 Å². The molecular formula is C26H26N8O. The fourth-order valence-electron chi connectivity index (χ4n) is 3.55. The summed E-state index contributed by atoms with van der Waals surface area (Å²) < 4.78 is 1.56. The molecule has 0 aliphatic heterocycles. The number of benzene rings is 2. The Kier molecular flexibility index (Phi) is 8.10. The highest BCUT2D eigenvalue weighted by Crippen LogP contribution is 2.36. The van der Waals surface area contributed by atoms with Crippen molar-refractivity contribution < 1.29 is 4.79 Å². The van der Waals surface area contributed by atoms with Crippen molar-refractivity contribution in [1.82, 2.24) is 9.55 Å². The topological polar surface area (TPSA) is 83.6 Å². The first kappa shape index (κ1) is 24.9. The maximum Gasteiger partial charge on any atom is 0.417 e. The van der Waals surface area contributed by atoms with Crippen LogP contribution in [0, 0.1) is 13.1 Å². The highest BCUT2D eigenvalue weighted by molar-refractivity contribution is 5.93. The van der Waals surface area contributed by atoms with Crippen molar-refractivity contribution in [2.45, 2.75) is 27.3 Å². The maximum atomic E-state index is 11.8. The van der Waals surface area contributed by atoms with Gasteiger partial charge in [-0.3, -0.25) is 4.79 Å². The number of carbonyl (C=O) groups excluding carboxylic acids is 1. The lowest BCUT2D eigenvalue weighted by atomic mass is 10.1. The van der Waals surface area contributed by atoms with Crippen LogP contribution in [0.2, 0.25) is 0 Å². The third-order valence-electron chi connectivity index (χ3n) is 5.34. The summed E-state index contributed by atoms with van der Waals surface area (Å²) in [5, 5.41) is 11.4. The lowest BCUT2D eigenvalue weighted by Crippen LogP contribution is -2.21. The van der Waals surface area contributed by atoms with Crippen molar-refractivity contribution in [3.05, 3.63) is 83.0 Å². The molecule has 0 saturated heterocycles. The number of nitrogens with one attached hydrogen (secondary N) is 1. The molecule has 2 aromatic carbocycles. The quantitative estimate of drug-likeness (QED) is 0.275. The second-order valence-electron chi connectivity index (χ2n) is 7.57. The average Bonchev–Trinajstić information content (AvgIpc) is 3.20. The van der Waals surface area contributed by atoms with E-state index in [1.165, 1.54) is 6.92 Å². The Labute approximate surface area is 205 Å². The monoisotopic (exact) mass is 466 g/mol. The summed E-state index contributed by atoms with van der Waals surface area (Å²) in [6, 6.07) is 13.2. The number of hydrogen-bond donors (Lipinski definition) is 1. The van der Waals surface area contributed by atoms with Gasteiger partial charge < -0.3 is 19.9 Å². The smallest absolute Gasteiger partial charge is 0.373 e. The summed E-state index contributed by atoms with van der Waals surface area (Å²) in [5.41, 5.74) is 3.79. The van der Waals surface area contributed by atoms with E-state index in [2.05, 4.69) is 55.5 Å². The molecule has 176 valence electrons. The van der Waals surface area contributed by atoms with Gasteiger partial charge in [0.1, 0.15) is 12.2 Å². The van der Waals surface area contributed by atoms with Crippen molar-refractivity contribution in [3.63, 3.8) is 0 Å². The van der Waals surface area contributed by atoms with E-state index in [1.807, 2.05) is 36.4 Å². The van der Waals surface area contributed by atoms with E-state index in [0.717, 1.165) is 29.9 Å². The highest BCUT2D eigenvalue weighted by Gasteiger charge is 2.23. The Morgan fingerprint density at radius 1 is 1.14 bits per heavy atom. The average molecular weight is 467 g/mol. The number of nitrogens with zero attached hydrogens (tertiary/aromatic N) is 7. The van der Waals surface area contributed by atoms with Crippen LogP contribution in [0.15, 0.2) is 59.3 Å². The number of azo groups is 1. The molecule has 1 amide bonds. The van der Waals surface area contributed by atoms with Gasteiger partial charge in [-0.2, -0.15) is 0 Å². The van der Waals surface area contributed by atoms with Gasteiger partial charge in [-0.15, -0.1) is 5.11 Å². The van der Waals surface area contributed by atoms with Crippen LogP contribution in [0.1, 0.15) is 31.9 Å². The molecule has 0 spiro atoms. The van der Waals surface area contributed by atoms with Crippen LogP contribution in [-0.4, -0.2) is 28.5 Å². The van der Waals surface area contributed by atoms with Crippen LogP contribution in [0.4, 0.5) is 34.6 Å². The minimum absolute atomic E-state index is 0.0318. The van der Waals surface area contributed by atoms with E-state index < -0.39 is 0 Å². The van der Waals surface area contributed by atoms with Crippen LogP contribution in [0.3, 0.4) is 0 Å². The lowest BCUT2D eigenvalue weighted by Gasteiger charge is -2.22. The molecule has 0 radical (unpaired) electrons. The minimum Gasteiger partial charge on any atom is -0.373 e. The molecule has 0 unspecified atom stereocenters. The molecule has 9 nitrogen and oxygen atoms in total. The van der Waals surface area contributed by atoms with E-state index in [4.69, 9.17) is 13.1 Å². The fourth-order valence-corrected chi connectivity index (χ4v) is 3.55. The van der Waals surface area contributed by atoms with Crippen LogP contribution in [0.5, 0.6) is 0 Å². The lowest BCUT2D eigenvalue weighted by molar-refractivity contribution is -0.114. The molecule has 1 aromatic heterocycles. The second kappa shape index (κ2) is 11.4. The van der Waals surface area contributed by atoms with Crippen LogP contribution < -0.4 is 10.2 Å². The third-order valence-corrected chi connectivity index (χ3v) is 5.34. The molecule has 0 atom stereocenters. The standard InChI is InChI=1S/C26H26N8O/c1-7-19-10-12-20(13-11-19)17-34-25(28-6)24(27-5)30-26(34)32-31-22-15-14-21(33(8-2)9-3)16-23(22)29-18(4)35/h7,10-16H,1,8-9,17H2,2-4H3,(H,29,35). The Balaban J connectivity index is 2.03. The first-order chi connectivity index (χ1) is 16.9. The number of amides is 1. The van der Waals surface area contributed by atoms with Gasteiger partial charge in [0, 0.05) is 25.7 Å². The van der Waals surface area contributed by atoms with Crippen molar-refractivity contribution in [1.29, 1.82) is 0 Å². The predicted octanol–water partition coefficient (Wildman–Crippen LogP) is 6.90. The van der Waals surface area contributed by atoms with Crippen molar-refractivity contribution in [3.8, 4) is 0 Å². The molecule has 0 bridgehead atoms. The molecular weight excluding hydrogens is 440 g/mol. The number of imidazole rings is 1. The van der Waals surface area contributed by atoms with E-state index in [1.54, 1.807) is 16.7 Å². The predicted molar refractivity (Wildman–Crippen MR) is 139 cm³/mol. The molecule has 1 heterocycles. The van der Waals surface area contributed by atoms with Gasteiger partial charge in [0.25, 0.3) is 11.6 Å². The van der Waals surface area contributed by atoms with Crippen molar-refractivity contribution in [2.24, 2.45) is 10.2 Å². The molecule has 3 rings (SSSR count). The first-order valence-corrected chi connectivity index (χ1v) is 11.1. The van der Waals surface area contributed by atoms with Crippen LogP contribution >= 0.6 is 0 Å².